The predicted molar refractivity (Wildman–Crippen MR) is 115 cm³/mol. The minimum atomic E-state index is 0.0956. The molecule has 1 aromatic heterocycles. The second-order valence-electron chi connectivity index (χ2n) is 8.06. The SMILES string of the molecule is CCc1ccc(C(=O)N2C[C@H]3C[C@@H]2CN3[C@@H](C)c2ccc(OC)c(C)c2Cl)cn1. The van der Waals surface area contributed by atoms with E-state index in [2.05, 4.69) is 29.8 Å². The van der Waals surface area contributed by atoms with E-state index in [9.17, 15) is 4.79 Å². The van der Waals surface area contributed by atoms with E-state index >= 15 is 0 Å². The highest BCUT2D eigenvalue weighted by molar-refractivity contribution is 6.32. The summed E-state index contributed by atoms with van der Waals surface area (Å²) in [5.41, 5.74) is 3.79. The van der Waals surface area contributed by atoms with Crippen LogP contribution in [0.5, 0.6) is 5.75 Å². The number of hydrogen-bond donors (Lipinski definition) is 0. The summed E-state index contributed by atoms with van der Waals surface area (Å²) >= 11 is 6.66. The Balaban J connectivity index is 1.47. The number of carbonyl (C=O) groups is 1. The summed E-state index contributed by atoms with van der Waals surface area (Å²) in [5.74, 6) is 0.909. The Morgan fingerprint density at radius 3 is 2.66 bits per heavy atom. The van der Waals surface area contributed by atoms with Gasteiger partial charge in [0, 0.05) is 48.7 Å². The third-order valence-electron chi connectivity index (χ3n) is 6.51. The van der Waals surface area contributed by atoms with Gasteiger partial charge in [0.05, 0.1) is 17.7 Å². The molecule has 154 valence electrons. The number of methoxy groups -OCH3 is 1. The first kappa shape index (κ1) is 20.2. The molecule has 0 unspecified atom stereocenters. The molecule has 2 aliphatic heterocycles. The second kappa shape index (κ2) is 7.96. The molecule has 5 nitrogen and oxygen atoms in total. The zero-order valence-electron chi connectivity index (χ0n) is 17.5. The number of benzene rings is 1. The van der Waals surface area contributed by atoms with E-state index in [0.717, 1.165) is 53.5 Å². The first-order chi connectivity index (χ1) is 13.9. The van der Waals surface area contributed by atoms with E-state index in [1.807, 2.05) is 30.0 Å². The van der Waals surface area contributed by atoms with Gasteiger partial charge in [-0.3, -0.25) is 14.7 Å². The van der Waals surface area contributed by atoms with E-state index in [1.165, 1.54) is 0 Å². The van der Waals surface area contributed by atoms with Crippen LogP contribution < -0.4 is 4.74 Å². The van der Waals surface area contributed by atoms with Crippen LogP contribution in [-0.2, 0) is 6.42 Å². The number of pyridine rings is 1. The summed E-state index contributed by atoms with van der Waals surface area (Å²) in [7, 11) is 1.66. The van der Waals surface area contributed by atoms with E-state index in [4.69, 9.17) is 16.3 Å². The third-order valence-corrected chi connectivity index (χ3v) is 7.01. The van der Waals surface area contributed by atoms with Gasteiger partial charge in [0.25, 0.3) is 5.91 Å². The molecule has 3 heterocycles. The zero-order chi connectivity index (χ0) is 20.7. The molecular formula is C23H28ClN3O2. The van der Waals surface area contributed by atoms with Gasteiger partial charge in [0.15, 0.2) is 0 Å². The Labute approximate surface area is 177 Å². The normalized spacial score (nSPS) is 22.2. The molecule has 1 aromatic carbocycles. The summed E-state index contributed by atoms with van der Waals surface area (Å²) in [6.07, 6.45) is 3.61. The third kappa shape index (κ3) is 3.51. The zero-order valence-corrected chi connectivity index (χ0v) is 18.2. The van der Waals surface area contributed by atoms with E-state index in [-0.39, 0.29) is 18.0 Å². The Bertz CT molecular complexity index is 915. The molecule has 0 saturated carbocycles. The molecule has 0 radical (unpaired) electrons. The Hall–Kier alpha value is -2.11. The molecule has 0 N–H and O–H groups in total. The number of piperazine rings is 1. The molecule has 2 fully saturated rings. The average Bonchev–Trinajstić information content (AvgIpc) is 3.36. The molecule has 3 atom stereocenters. The van der Waals surface area contributed by atoms with Crippen molar-refractivity contribution < 1.29 is 9.53 Å². The number of hydrogen-bond acceptors (Lipinski definition) is 4. The fraction of sp³-hybridized carbons (Fsp3) is 0.478. The average molecular weight is 414 g/mol. The van der Waals surface area contributed by atoms with Crippen LogP contribution in [-0.4, -0.2) is 53.0 Å². The van der Waals surface area contributed by atoms with Gasteiger partial charge in [-0.1, -0.05) is 24.6 Å². The van der Waals surface area contributed by atoms with Gasteiger partial charge in [-0.15, -0.1) is 0 Å². The molecule has 6 heteroatoms. The number of halogens is 1. The second-order valence-corrected chi connectivity index (χ2v) is 8.44. The number of likely N-dealkylation sites (tertiary alicyclic amines) is 2. The first-order valence-electron chi connectivity index (χ1n) is 10.3. The predicted octanol–water partition coefficient (Wildman–Crippen LogP) is 4.27. The Morgan fingerprint density at radius 1 is 1.28 bits per heavy atom. The summed E-state index contributed by atoms with van der Waals surface area (Å²) in [6, 6.07) is 8.72. The molecule has 29 heavy (non-hydrogen) atoms. The molecule has 4 rings (SSSR count). The number of fused-ring (bicyclic) bond motifs is 2. The Kier molecular flexibility index (Phi) is 5.54. The highest BCUT2D eigenvalue weighted by atomic mass is 35.5. The lowest BCUT2D eigenvalue weighted by Gasteiger charge is -2.38. The van der Waals surface area contributed by atoms with Crippen LogP contribution in [0.25, 0.3) is 0 Å². The monoisotopic (exact) mass is 413 g/mol. The van der Waals surface area contributed by atoms with Gasteiger partial charge in [-0.05, 0) is 50.5 Å². The van der Waals surface area contributed by atoms with Crippen molar-refractivity contribution in [2.45, 2.75) is 51.7 Å². The van der Waals surface area contributed by atoms with E-state index < -0.39 is 0 Å². The minimum Gasteiger partial charge on any atom is -0.496 e. The van der Waals surface area contributed by atoms with Crippen LogP contribution in [0.15, 0.2) is 30.5 Å². The summed E-state index contributed by atoms with van der Waals surface area (Å²) < 4.78 is 5.39. The maximum Gasteiger partial charge on any atom is 0.255 e. The van der Waals surface area contributed by atoms with Gasteiger partial charge in [0.2, 0.25) is 0 Å². The van der Waals surface area contributed by atoms with Crippen LogP contribution in [0.1, 0.15) is 53.5 Å². The largest absolute Gasteiger partial charge is 0.496 e. The number of amides is 1. The van der Waals surface area contributed by atoms with Gasteiger partial charge in [-0.25, -0.2) is 0 Å². The molecule has 0 spiro atoms. The lowest BCUT2D eigenvalue weighted by molar-refractivity contribution is 0.0569. The number of aromatic nitrogens is 1. The number of ether oxygens (including phenoxy) is 1. The van der Waals surface area contributed by atoms with Crippen molar-refractivity contribution in [1.29, 1.82) is 0 Å². The Morgan fingerprint density at radius 2 is 2.07 bits per heavy atom. The lowest BCUT2D eigenvalue weighted by Crippen LogP contribution is -2.49. The summed E-state index contributed by atoms with van der Waals surface area (Å²) in [5, 5.41) is 0.773. The van der Waals surface area contributed by atoms with Crippen LogP contribution in [0.4, 0.5) is 0 Å². The first-order valence-corrected chi connectivity index (χ1v) is 10.7. The van der Waals surface area contributed by atoms with Crippen molar-refractivity contribution in [3.63, 3.8) is 0 Å². The van der Waals surface area contributed by atoms with Crippen LogP contribution >= 0.6 is 11.6 Å². The highest BCUT2D eigenvalue weighted by Crippen LogP contribution is 2.41. The quantitative estimate of drug-likeness (QED) is 0.734. The summed E-state index contributed by atoms with van der Waals surface area (Å²) in [4.78, 5) is 21.9. The molecule has 2 saturated heterocycles. The number of carbonyl (C=O) groups excluding carboxylic acids is 1. The molecule has 2 aliphatic rings. The highest BCUT2D eigenvalue weighted by Gasteiger charge is 2.47. The fourth-order valence-electron chi connectivity index (χ4n) is 4.76. The van der Waals surface area contributed by atoms with Gasteiger partial charge < -0.3 is 9.64 Å². The summed E-state index contributed by atoms with van der Waals surface area (Å²) in [6.45, 7) is 7.89. The van der Waals surface area contributed by atoms with Crippen molar-refractivity contribution in [2.24, 2.45) is 0 Å². The molecule has 2 bridgehead atoms. The van der Waals surface area contributed by atoms with Crippen molar-refractivity contribution in [1.82, 2.24) is 14.8 Å². The van der Waals surface area contributed by atoms with Gasteiger partial charge in [-0.2, -0.15) is 0 Å². The van der Waals surface area contributed by atoms with Crippen LogP contribution in [0.3, 0.4) is 0 Å². The van der Waals surface area contributed by atoms with Crippen molar-refractivity contribution >= 4 is 17.5 Å². The van der Waals surface area contributed by atoms with Crippen molar-refractivity contribution in [3.05, 3.63) is 57.9 Å². The number of aryl methyl sites for hydroxylation is 1. The van der Waals surface area contributed by atoms with Crippen LogP contribution in [0.2, 0.25) is 5.02 Å². The molecular weight excluding hydrogens is 386 g/mol. The number of rotatable bonds is 5. The lowest BCUT2D eigenvalue weighted by atomic mass is 10.0. The maximum absolute atomic E-state index is 13.0. The van der Waals surface area contributed by atoms with Gasteiger partial charge in [0.1, 0.15) is 5.75 Å². The van der Waals surface area contributed by atoms with Gasteiger partial charge >= 0.3 is 0 Å². The fourth-order valence-corrected chi connectivity index (χ4v) is 5.07. The smallest absolute Gasteiger partial charge is 0.255 e. The van der Waals surface area contributed by atoms with Crippen molar-refractivity contribution in [2.75, 3.05) is 20.2 Å². The van der Waals surface area contributed by atoms with Crippen molar-refractivity contribution in [3.8, 4) is 5.75 Å². The van der Waals surface area contributed by atoms with Crippen LogP contribution in [0, 0.1) is 6.92 Å². The standard InChI is InChI=1S/C23H28ClN3O2/c1-5-17-7-6-16(11-25-17)23(28)27-13-18-10-19(27)12-26(18)15(3)20-8-9-21(29-4)14(2)22(20)24/h6-9,11,15,18-19H,5,10,12-13H2,1-4H3/t15-,18+,19+/m0/s1. The van der Waals surface area contributed by atoms with E-state index in [0.29, 0.717) is 11.6 Å². The number of nitrogens with zero attached hydrogens (tertiary/aromatic N) is 3. The maximum atomic E-state index is 13.0. The molecule has 0 aliphatic carbocycles. The van der Waals surface area contributed by atoms with E-state index in [1.54, 1.807) is 13.3 Å². The topological polar surface area (TPSA) is 45.7 Å². The molecule has 1 amide bonds. The minimum absolute atomic E-state index is 0.0956. The molecule has 2 aromatic rings.